The van der Waals surface area contributed by atoms with Crippen molar-refractivity contribution in [3.8, 4) is 17.2 Å². The average molecular weight is 383 g/mol. The van der Waals surface area contributed by atoms with Crippen LogP contribution in [-0.4, -0.2) is 44.5 Å². The number of hydrogen-bond donors (Lipinski definition) is 1. The highest BCUT2D eigenvalue weighted by Gasteiger charge is 2.49. The van der Waals surface area contributed by atoms with Gasteiger partial charge in [-0.15, -0.1) is 5.01 Å². The summed E-state index contributed by atoms with van der Waals surface area (Å²) < 4.78 is 15.6. The van der Waals surface area contributed by atoms with Crippen LogP contribution in [0.15, 0.2) is 47.6 Å². The molecule has 0 unspecified atom stereocenters. The Kier molecular flexibility index (Phi) is 5.21. The van der Waals surface area contributed by atoms with Crippen molar-refractivity contribution in [1.29, 1.82) is 0 Å². The lowest BCUT2D eigenvalue weighted by molar-refractivity contribution is -0.131. The molecular weight excluding hydrogens is 362 g/mol. The van der Waals surface area contributed by atoms with Gasteiger partial charge >= 0.3 is 6.03 Å². The van der Waals surface area contributed by atoms with Gasteiger partial charge in [-0.2, -0.15) is 5.10 Å². The molecule has 3 amide bonds. The van der Waals surface area contributed by atoms with Gasteiger partial charge in [0.1, 0.15) is 22.8 Å². The van der Waals surface area contributed by atoms with E-state index < -0.39 is 17.5 Å². The second-order valence-electron chi connectivity index (χ2n) is 6.29. The summed E-state index contributed by atoms with van der Waals surface area (Å²) in [4.78, 5) is 25.3. The van der Waals surface area contributed by atoms with Crippen molar-refractivity contribution in [3.05, 3.63) is 53.6 Å². The first-order valence-electron chi connectivity index (χ1n) is 8.49. The predicted molar refractivity (Wildman–Crippen MR) is 103 cm³/mol. The van der Waals surface area contributed by atoms with Crippen LogP contribution in [0, 0.1) is 0 Å². The van der Waals surface area contributed by atoms with Crippen molar-refractivity contribution in [3.63, 3.8) is 0 Å². The van der Waals surface area contributed by atoms with Crippen molar-refractivity contribution >= 4 is 18.2 Å². The van der Waals surface area contributed by atoms with E-state index in [0.717, 1.165) is 5.01 Å². The molecule has 0 aromatic heterocycles. The number of urea groups is 1. The third kappa shape index (κ3) is 3.48. The van der Waals surface area contributed by atoms with Crippen LogP contribution in [0.5, 0.6) is 17.2 Å². The highest BCUT2D eigenvalue weighted by atomic mass is 16.5. The van der Waals surface area contributed by atoms with Gasteiger partial charge in [0.25, 0.3) is 5.91 Å². The van der Waals surface area contributed by atoms with Gasteiger partial charge in [-0.05, 0) is 36.8 Å². The molecule has 3 rings (SSSR count). The Morgan fingerprint density at radius 1 is 0.929 bits per heavy atom. The molecule has 0 bridgehead atoms. The number of nitrogens with zero attached hydrogens (tertiary/aromatic N) is 2. The number of hydrazone groups is 1. The van der Waals surface area contributed by atoms with Crippen LogP contribution in [0.3, 0.4) is 0 Å². The molecule has 8 heteroatoms. The zero-order valence-electron chi connectivity index (χ0n) is 16.1. The van der Waals surface area contributed by atoms with Gasteiger partial charge in [0.05, 0.1) is 27.5 Å². The van der Waals surface area contributed by atoms with E-state index in [9.17, 15) is 9.59 Å². The van der Waals surface area contributed by atoms with E-state index in [4.69, 9.17) is 14.2 Å². The molecule has 8 nitrogen and oxygen atoms in total. The molecule has 1 N–H and O–H groups in total. The maximum atomic E-state index is 12.9. The highest BCUT2D eigenvalue weighted by Crippen LogP contribution is 2.30. The lowest BCUT2D eigenvalue weighted by Gasteiger charge is -2.21. The number of rotatable bonds is 6. The highest BCUT2D eigenvalue weighted by molar-refractivity contribution is 6.07. The van der Waals surface area contributed by atoms with E-state index in [-0.39, 0.29) is 0 Å². The van der Waals surface area contributed by atoms with E-state index in [2.05, 4.69) is 10.4 Å². The number of imide groups is 1. The van der Waals surface area contributed by atoms with Crippen molar-refractivity contribution in [2.24, 2.45) is 5.10 Å². The maximum Gasteiger partial charge on any atom is 0.346 e. The van der Waals surface area contributed by atoms with Gasteiger partial charge in [-0.1, -0.05) is 12.1 Å². The van der Waals surface area contributed by atoms with Crippen LogP contribution < -0.4 is 19.5 Å². The lowest BCUT2D eigenvalue weighted by atomic mass is 9.92. The Morgan fingerprint density at radius 3 is 2.04 bits per heavy atom. The van der Waals surface area contributed by atoms with Crippen LogP contribution in [0.4, 0.5) is 4.79 Å². The van der Waals surface area contributed by atoms with E-state index in [1.807, 2.05) is 0 Å². The smallest absolute Gasteiger partial charge is 0.346 e. The Hall–Kier alpha value is -3.55. The van der Waals surface area contributed by atoms with E-state index in [0.29, 0.717) is 28.4 Å². The Bertz CT molecular complexity index is 904. The summed E-state index contributed by atoms with van der Waals surface area (Å²) in [6.07, 6.45) is 1.41. The molecule has 1 fully saturated rings. The van der Waals surface area contributed by atoms with Crippen molar-refractivity contribution < 1.29 is 23.8 Å². The second kappa shape index (κ2) is 7.59. The molecule has 0 saturated carbocycles. The zero-order chi connectivity index (χ0) is 20.3. The minimum absolute atomic E-state index is 0.478. The second-order valence-corrected chi connectivity index (χ2v) is 6.29. The van der Waals surface area contributed by atoms with Crippen molar-refractivity contribution in [1.82, 2.24) is 10.3 Å². The monoisotopic (exact) mass is 383 g/mol. The molecule has 28 heavy (non-hydrogen) atoms. The molecular formula is C20H21N3O5. The number of carbonyl (C=O) groups is 2. The molecule has 2 aromatic rings. The molecule has 2 aromatic carbocycles. The first-order chi connectivity index (χ1) is 13.4. The van der Waals surface area contributed by atoms with E-state index in [1.54, 1.807) is 56.5 Å². The van der Waals surface area contributed by atoms with Gasteiger partial charge in [-0.3, -0.25) is 4.79 Å². The Labute approximate surface area is 162 Å². The fourth-order valence-electron chi connectivity index (χ4n) is 2.88. The van der Waals surface area contributed by atoms with Crippen LogP contribution in [0.2, 0.25) is 0 Å². The van der Waals surface area contributed by atoms with Crippen molar-refractivity contribution in [2.75, 3.05) is 21.3 Å². The average Bonchev–Trinajstić information content (AvgIpc) is 2.95. The fraction of sp³-hybridized carbons (Fsp3) is 0.250. The summed E-state index contributed by atoms with van der Waals surface area (Å²) >= 11 is 0. The van der Waals surface area contributed by atoms with Crippen LogP contribution in [-0.2, 0) is 10.3 Å². The molecule has 1 aliphatic heterocycles. The number of methoxy groups -OCH3 is 3. The van der Waals surface area contributed by atoms with E-state index in [1.165, 1.54) is 20.4 Å². The number of ether oxygens (including phenoxy) is 3. The number of nitrogens with one attached hydrogen (secondary N) is 1. The Balaban J connectivity index is 1.86. The third-order valence-electron chi connectivity index (χ3n) is 4.53. The minimum atomic E-state index is -1.22. The Morgan fingerprint density at radius 2 is 1.50 bits per heavy atom. The standard InChI is InChI=1S/C20H21N3O5/c1-20(14-5-7-15(26-2)8-6-14)18(24)23(19(25)22-20)21-12-13-9-16(27-3)11-17(10-13)28-4/h5-12H,1-4H3,(H,22,25)/b21-12-/t20-/m1/s1. The molecule has 1 saturated heterocycles. The quantitative estimate of drug-likeness (QED) is 0.612. The summed E-state index contributed by atoms with van der Waals surface area (Å²) in [6, 6.07) is 11.5. The summed E-state index contributed by atoms with van der Waals surface area (Å²) in [5.41, 5.74) is 0.0366. The van der Waals surface area contributed by atoms with Gasteiger partial charge in [0, 0.05) is 11.6 Å². The van der Waals surface area contributed by atoms with Gasteiger partial charge in [-0.25, -0.2) is 4.79 Å². The lowest BCUT2D eigenvalue weighted by Crippen LogP contribution is -2.40. The molecule has 1 atom stereocenters. The first kappa shape index (κ1) is 19.2. The summed E-state index contributed by atoms with van der Waals surface area (Å²) in [7, 11) is 4.63. The number of hydrogen-bond acceptors (Lipinski definition) is 6. The van der Waals surface area contributed by atoms with Gasteiger partial charge < -0.3 is 19.5 Å². The topological polar surface area (TPSA) is 89.5 Å². The van der Waals surface area contributed by atoms with Crippen LogP contribution in [0.25, 0.3) is 0 Å². The normalized spacial score (nSPS) is 19.1. The van der Waals surface area contributed by atoms with Crippen molar-refractivity contribution in [2.45, 2.75) is 12.5 Å². The largest absolute Gasteiger partial charge is 0.497 e. The first-order valence-corrected chi connectivity index (χ1v) is 8.49. The number of carbonyl (C=O) groups excluding carboxylic acids is 2. The molecule has 0 spiro atoms. The zero-order valence-corrected chi connectivity index (χ0v) is 16.1. The minimum Gasteiger partial charge on any atom is -0.497 e. The number of amides is 3. The summed E-state index contributed by atoms with van der Waals surface area (Å²) in [6.45, 7) is 1.64. The predicted octanol–water partition coefficient (Wildman–Crippen LogP) is 2.51. The molecule has 1 aliphatic rings. The van der Waals surface area contributed by atoms with E-state index >= 15 is 0 Å². The maximum absolute atomic E-state index is 12.9. The SMILES string of the molecule is COc1ccc([C@@]2(C)NC(=O)N(/N=C\c3cc(OC)cc(OC)c3)C2=O)cc1. The third-order valence-corrected chi connectivity index (χ3v) is 4.53. The number of benzene rings is 2. The van der Waals surface area contributed by atoms with Gasteiger partial charge in [0.2, 0.25) is 0 Å². The van der Waals surface area contributed by atoms with Gasteiger partial charge in [0.15, 0.2) is 0 Å². The molecule has 0 radical (unpaired) electrons. The molecule has 1 heterocycles. The fourth-order valence-corrected chi connectivity index (χ4v) is 2.88. The summed E-state index contributed by atoms with van der Waals surface area (Å²) in [5.74, 6) is 1.32. The summed E-state index contributed by atoms with van der Waals surface area (Å²) in [5, 5.41) is 7.59. The molecule has 0 aliphatic carbocycles. The van der Waals surface area contributed by atoms with Crippen LogP contribution in [0.1, 0.15) is 18.1 Å². The molecule has 146 valence electrons. The van der Waals surface area contributed by atoms with Crippen LogP contribution >= 0.6 is 0 Å².